The smallest absolute Gasteiger partial charge is 0.0842 e. The molecule has 0 aliphatic heterocycles. The van der Waals surface area contributed by atoms with Crippen LogP contribution in [0.5, 0.6) is 0 Å². The molecule has 84 valence electrons. The fourth-order valence-electron chi connectivity index (χ4n) is 3.30. The first kappa shape index (κ1) is 9.88. The van der Waals surface area contributed by atoms with Crippen molar-refractivity contribution in [2.75, 3.05) is 0 Å². The van der Waals surface area contributed by atoms with Crippen molar-refractivity contribution in [1.82, 2.24) is 0 Å². The molecule has 0 saturated heterocycles. The van der Waals surface area contributed by atoms with E-state index in [4.69, 9.17) is 5.21 Å². The van der Waals surface area contributed by atoms with Crippen molar-refractivity contribution in [3.63, 3.8) is 0 Å². The van der Waals surface area contributed by atoms with Gasteiger partial charge in [0, 0.05) is 5.56 Å². The number of benzene rings is 1. The van der Waals surface area contributed by atoms with Gasteiger partial charge in [-0.2, -0.15) is 0 Å². The van der Waals surface area contributed by atoms with E-state index in [1.165, 1.54) is 53.5 Å². The van der Waals surface area contributed by atoms with Gasteiger partial charge in [-0.3, -0.25) is 0 Å². The first-order valence-corrected chi connectivity index (χ1v) is 6.17. The zero-order chi connectivity index (χ0) is 11.1. The molecule has 16 heavy (non-hydrogen) atoms. The highest BCUT2D eigenvalue weighted by atomic mass is 16.4. The normalized spacial score (nSPS) is 18.7. The Morgan fingerprint density at radius 3 is 2.12 bits per heavy atom. The summed E-state index contributed by atoms with van der Waals surface area (Å²) >= 11 is 0. The van der Waals surface area contributed by atoms with Gasteiger partial charge >= 0.3 is 0 Å². The molecule has 2 aliphatic carbocycles. The van der Waals surface area contributed by atoms with E-state index in [0.29, 0.717) is 0 Å². The average Bonchev–Trinajstić information content (AvgIpc) is 2.91. The summed E-state index contributed by atoms with van der Waals surface area (Å²) in [5, 5.41) is 12.5. The fourth-order valence-corrected chi connectivity index (χ4v) is 3.30. The predicted molar refractivity (Wildman–Crippen MR) is 64.5 cm³/mol. The van der Waals surface area contributed by atoms with Gasteiger partial charge in [0.05, 0.1) is 5.71 Å². The minimum Gasteiger partial charge on any atom is -0.411 e. The van der Waals surface area contributed by atoms with Crippen LogP contribution in [0.1, 0.15) is 47.6 Å². The first-order chi connectivity index (χ1) is 7.81. The predicted octanol–water partition coefficient (Wildman–Crippen LogP) is 2.86. The summed E-state index contributed by atoms with van der Waals surface area (Å²) in [4.78, 5) is 0. The number of nitrogens with zero attached hydrogens (tertiary/aromatic N) is 1. The maximum Gasteiger partial charge on any atom is 0.0842 e. The summed E-state index contributed by atoms with van der Waals surface area (Å²) in [7, 11) is 0. The molecule has 0 atom stereocenters. The Kier molecular flexibility index (Phi) is 2.23. The number of oxime groups is 1. The van der Waals surface area contributed by atoms with Gasteiger partial charge in [-0.1, -0.05) is 11.2 Å². The quantitative estimate of drug-likeness (QED) is 0.436. The second kappa shape index (κ2) is 3.62. The molecule has 0 saturated carbocycles. The Hall–Kier alpha value is -1.31. The Morgan fingerprint density at radius 2 is 1.62 bits per heavy atom. The van der Waals surface area contributed by atoms with E-state index in [1.54, 1.807) is 0 Å². The van der Waals surface area contributed by atoms with Crippen molar-refractivity contribution in [2.24, 2.45) is 5.16 Å². The number of hydrogen-bond acceptors (Lipinski definition) is 2. The topological polar surface area (TPSA) is 32.6 Å². The summed E-state index contributed by atoms with van der Waals surface area (Å²) in [5.74, 6) is 0. The molecule has 2 heteroatoms. The molecule has 0 heterocycles. The second-order valence-corrected chi connectivity index (χ2v) is 4.92. The van der Waals surface area contributed by atoms with Crippen LogP contribution >= 0.6 is 0 Å². The number of hydrogen-bond donors (Lipinski definition) is 1. The van der Waals surface area contributed by atoms with Gasteiger partial charge < -0.3 is 5.21 Å². The van der Waals surface area contributed by atoms with Crippen LogP contribution in [-0.4, -0.2) is 10.9 Å². The molecule has 2 nitrogen and oxygen atoms in total. The molecule has 0 aromatic heterocycles. The minimum atomic E-state index is 0.803. The summed E-state index contributed by atoms with van der Waals surface area (Å²) in [6.45, 7) is 1.92. The van der Waals surface area contributed by atoms with Crippen LogP contribution in [0.3, 0.4) is 0 Å². The van der Waals surface area contributed by atoms with E-state index in [-0.39, 0.29) is 0 Å². The zero-order valence-corrected chi connectivity index (χ0v) is 9.71. The van der Waals surface area contributed by atoms with E-state index in [2.05, 4.69) is 11.2 Å². The lowest BCUT2D eigenvalue weighted by Gasteiger charge is -2.13. The molecule has 0 unspecified atom stereocenters. The molecule has 2 aliphatic rings. The van der Waals surface area contributed by atoms with Crippen LogP contribution in [0.4, 0.5) is 0 Å². The monoisotopic (exact) mass is 215 g/mol. The molecule has 1 N–H and O–H groups in total. The average molecular weight is 215 g/mol. The molecule has 3 rings (SSSR count). The number of aryl methyl sites for hydroxylation is 2. The summed E-state index contributed by atoms with van der Waals surface area (Å²) < 4.78 is 0. The van der Waals surface area contributed by atoms with Crippen molar-refractivity contribution in [2.45, 2.75) is 45.4 Å². The van der Waals surface area contributed by atoms with Gasteiger partial charge in [0.25, 0.3) is 0 Å². The third kappa shape index (κ3) is 1.29. The van der Waals surface area contributed by atoms with Crippen molar-refractivity contribution < 1.29 is 5.21 Å². The first-order valence-electron chi connectivity index (χ1n) is 6.17. The largest absolute Gasteiger partial charge is 0.411 e. The Bertz CT molecular complexity index is 442. The fraction of sp³-hybridized carbons (Fsp3) is 0.500. The molecule has 0 spiro atoms. The van der Waals surface area contributed by atoms with Crippen molar-refractivity contribution in [1.29, 1.82) is 0 Å². The minimum absolute atomic E-state index is 0.803. The molecule has 0 amide bonds. The molecule has 0 fully saturated rings. The SMILES string of the molecule is C/C(=N/O)c1c2c(cc3c1CCC3)CCC2. The highest BCUT2D eigenvalue weighted by Gasteiger charge is 2.25. The Morgan fingerprint density at radius 1 is 1.06 bits per heavy atom. The van der Waals surface area contributed by atoms with E-state index < -0.39 is 0 Å². The second-order valence-electron chi connectivity index (χ2n) is 4.92. The van der Waals surface area contributed by atoms with Crippen LogP contribution in [0, 0.1) is 0 Å². The summed E-state index contributed by atoms with van der Waals surface area (Å²) in [5.41, 5.74) is 7.98. The van der Waals surface area contributed by atoms with Gasteiger partial charge in [0.1, 0.15) is 0 Å². The van der Waals surface area contributed by atoms with Crippen LogP contribution in [-0.2, 0) is 25.7 Å². The highest BCUT2D eigenvalue weighted by molar-refractivity contribution is 6.02. The maximum atomic E-state index is 9.04. The molecule has 0 radical (unpaired) electrons. The van der Waals surface area contributed by atoms with Crippen molar-refractivity contribution in [3.8, 4) is 0 Å². The lowest BCUT2D eigenvalue weighted by atomic mass is 9.92. The van der Waals surface area contributed by atoms with Gasteiger partial charge in [-0.15, -0.1) is 0 Å². The standard InChI is InChI=1S/C14H17NO/c1-9(15-16)14-12-6-2-4-10(12)8-11-5-3-7-13(11)14/h8,16H,2-7H2,1H3/b15-9-. The van der Waals surface area contributed by atoms with Crippen LogP contribution in [0.25, 0.3) is 0 Å². The summed E-state index contributed by atoms with van der Waals surface area (Å²) in [6.07, 6.45) is 7.23. The molecular formula is C14H17NO. The van der Waals surface area contributed by atoms with Crippen LogP contribution in [0.15, 0.2) is 11.2 Å². The van der Waals surface area contributed by atoms with E-state index in [9.17, 15) is 0 Å². The Labute approximate surface area is 96.0 Å². The maximum absolute atomic E-state index is 9.04. The van der Waals surface area contributed by atoms with Crippen molar-refractivity contribution in [3.05, 3.63) is 33.9 Å². The molecule has 0 bridgehead atoms. The third-order valence-electron chi connectivity index (χ3n) is 3.98. The van der Waals surface area contributed by atoms with E-state index >= 15 is 0 Å². The third-order valence-corrected chi connectivity index (χ3v) is 3.98. The molecule has 1 aromatic carbocycles. The number of fused-ring (bicyclic) bond motifs is 2. The van der Waals surface area contributed by atoms with Gasteiger partial charge in [0.15, 0.2) is 0 Å². The Balaban J connectivity index is 2.28. The summed E-state index contributed by atoms with van der Waals surface area (Å²) in [6, 6.07) is 2.40. The lowest BCUT2D eigenvalue weighted by Crippen LogP contribution is -2.06. The zero-order valence-electron chi connectivity index (χ0n) is 9.71. The van der Waals surface area contributed by atoms with E-state index in [0.717, 1.165) is 18.6 Å². The number of rotatable bonds is 1. The van der Waals surface area contributed by atoms with E-state index in [1.807, 2.05) is 6.92 Å². The lowest BCUT2D eigenvalue weighted by molar-refractivity contribution is 0.319. The van der Waals surface area contributed by atoms with Crippen LogP contribution in [0.2, 0.25) is 0 Å². The highest BCUT2D eigenvalue weighted by Crippen LogP contribution is 2.35. The molecule has 1 aromatic rings. The molecular weight excluding hydrogens is 198 g/mol. The van der Waals surface area contributed by atoms with Gasteiger partial charge in [-0.05, 0) is 67.7 Å². The van der Waals surface area contributed by atoms with Crippen molar-refractivity contribution >= 4 is 5.71 Å². The van der Waals surface area contributed by atoms with Crippen LogP contribution < -0.4 is 0 Å². The van der Waals surface area contributed by atoms with Gasteiger partial charge in [-0.25, -0.2) is 0 Å². The van der Waals surface area contributed by atoms with Gasteiger partial charge in [0.2, 0.25) is 0 Å².